The van der Waals surface area contributed by atoms with Gasteiger partial charge in [-0.15, -0.1) is 11.3 Å². The summed E-state index contributed by atoms with van der Waals surface area (Å²) in [7, 11) is 1.82. The Morgan fingerprint density at radius 2 is 1.79 bits per heavy atom. The van der Waals surface area contributed by atoms with Gasteiger partial charge in [-0.2, -0.15) is 0 Å². The van der Waals surface area contributed by atoms with E-state index in [1.807, 2.05) is 58.4 Å². The number of nitrogens with zero attached hydrogens (tertiary/aromatic N) is 2. The summed E-state index contributed by atoms with van der Waals surface area (Å²) in [6.07, 6.45) is 5.88. The fourth-order valence-corrected chi connectivity index (χ4v) is 5.13. The SMILES string of the molecule is CC.CC(CN(C)c1cc(C#CC(C)(C)C)sc1C(=O)O)C(=O)N1CCOCC1.CC1CCC(C=O)CC1. The maximum Gasteiger partial charge on any atom is 0.348 e. The third kappa shape index (κ3) is 11.6. The van der Waals surface area contributed by atoms with Crippen molar-refractivity contribution in [3.05, 3.63) is 15.8 Å². The molecule has 1 aliphatic heterocycles. The topological polar surface area (TPSA) is 87.2 Å². The van der Waals surface area contributed by atoms with Gasteiger partial charge in [0.25, 0.3) is 0 Å². The van der Waals surface area contributed by atoms with E-state index in [1.165, 1.54) is 24.2 Å². The van der Waals surface area contributed by atoms with E-state index in [-0.39, 0.29) is 22.1 Å². The second kappa shape index (κ2) is 16.6. The molecule has 1 aromatic rings. The Kier molecular flexibility index (Phi) is 14.7. The van der Waals surface area contributed by atoms with Gasteiger partial charge in [0, 0.05) is 38.0 Å². The van der Waals surface area contributed by atoms with Gasteiger partial charge in [-0.25, -0.2) is 4.79 Å². The molecule has 8 heteroatoms. The molecule has 214 valence electrons. The summed E-state index contributed by atoms with van der Waals surface area (Å²) < 4.78 is 5.29. The minimum absolute atomic E-state index is 0.0741. The molecular weight excluding hydrogens is 500 g/mol. The molecule has 2 heterocycles. The number of thiophene rings is 1. The van der Waals surface area contributed by atoms with Crippen LogP contribution < -0.4 is 4.90 Å². The Hall–Kier alpha value is -2.37. The first kappa shape index (κ1) is 33.7. The van der Waals surface area contributed by atoms with Gasteiger partial charge in [-0.3, -0.25) is 4.79 Å². The molecule has 1 atom stereocenters. The van der Waals surface area contributed by atoms with Crippen LogP contribution in [0.4, 0.5) is 5.69 Å². The Labute approximate surface area is 233 Å². The third-order valence-electron chi connectivity index (χ3n) is 6.42. The third-order valence-corrected chi connectivity index (χ3v) is 7.45. The molecule has 0 bridgehead atoms. The van der Waals surface area contributed by atoms with Crippen LogP contribution in [0.1, 0.15) is 88.7 Å². The van der Waals surface area contributed by atoms with Gasteiger partial charge in [0.2, 0.25) is 5.91 Å². The van der Waals surface area contributed by atoms with Crippen molar-refractivity contribution < 1.29 is 24.2 Å². The second-order valence-electron chi connectivity index (χ2n) is 11.0. The van der Waals surface area contributed by atoms with Crippen molar-refractivity contribution in [3.8, 4) is 11.8 Å². The van der Waals surface area contributed by atoms with Crippen molar-refractivity contribution >= 4 is 35.2 Å². The summed E-state index contributed by atoms with van der Waals surface area (Å²) in [4.78, 5) is 39.2. The number of ether oxygens (including phenoxy) is 1. The predicted octanol–water partition coefficient (Wildman–Crippen LogP) is 5.81. The van der Waals surface area contributed by atoms with Gasteiger partial charge in [-0.1, -0.05) is 52.4 Å². The first-order chi connectivity index (χ1) is 17.9. The van der Waals surface area contributed by atoms with E-state index >= 15 is 0 Å². The number of amides is 1. The zero-order valence-corrected chi connectivity index (χ0v) is 25.5. The van der Waals surface area contributed by atoms with E-state index in [9.17, 15) is 19.5 Å². The van der Waals surface area contributed by atoms with Crippen LogP contribution in [0.15, 0.2) is 6.07 Å². The first-order valence-corrected chi connectivity index (χ1v) is 14.7. The second-order valence-corrected chi connectivity index (χ2v) is 12.1. The molecule has 2 fully saturated rings. The smallest absolute Gasteiger partial charge is 0.348 e. The van der Waals surface area contributed by atoms with E-state index in [2.05, 4.69) is 18.8 Å². The molecule has 3 rings (SSSR count). The van der Waals surface area contributed by atoms with Crippen molar-refractivity contribution in [2.45, 2.75) is 74.1 Å². The van der Waals surface area contributed by atoms with Crippen LogP contribution in [0.3, 0.4) is 0 Å². The number of rotatable bonds is 6. The lowest BCUT2D eigenvalue weighted by molar-refractivity contribution is -0.138. The quantitative estimate of drug-likeness (QED) is 0.356. The number of hydrogen-bond donors (Lipinski definition) is 1. The summed E-state index contributed by atoms with van der Waals surface area (Å²) in [5, 5.41) is 9.55. The molecule has 0 radical (unpaired) electrons. The fraction of sp³-hybridized carbons (Fsp3) is 0.700. The van der Waals surface area contributed by atoms with Gasteiger partial charge in [0.1, 0.15) is 11.2 Å². The van der Waals surface area contributed by atoms with E-state index in [1.54, 1.807) is 6.07 Å². The number of anilines is 1. The molecule has 38 heavy (non-hydrogen) atoms. The largest absolute Gasteiger partial charge is 0.477 e. The van der Waals surface area contributed by atoms with Crippen LogP contribution in [-0.2, 0) is 14.3 Å². The van der Waals surface area contributed by atoms with Crippen molar-refractivity contribution in [2.75, 3.05) is 44.8 Å². The van der Waals surface area contributed by atoms with Gasteiger partial charge >= 0.3 is 5.97 Å². The number of carbonyl (C=O) groups is 3. The molecule has 1 amide bonds. The van der Waals surface area contributed by atoms with Crippen LogP contribution in [0, 0.1) is 35.0 Å². The summed E-state index contributed by atoms with van der Waals surface area (Å²) >= 11 is 1.17. The number of carboxylic acid groups (broad SMARTS) is 1. The molecule has 7 nitrogen and oxygen atoms in total. The average Bonchev–Trinajstić information content (AvgIpc) is 3.34. The summed E-state index contributed by atoms with van der Waals surface area (Å²) in [5.74, 6) is 6.32. The zero-order valence-electron chi connectivity index (χ0n) is 24.6. The van der Waals surface area contributed by atoms with Crippen LogP contribution in [0.25, 0.3) is 0 Å². The molecule has 0 aromatic carbocycles. The lowest BCUT2D eigenvalue weighted by atomic mass is 9.84. The normalized spacial score (nSPS) is 19.8. The Morgan fingerprint density at radius 3 is 2.29 bits per heavy atom. The Bertz CT molecular complexity index is 942. The van der Waals surface area contributed by atoms with Crippen molar-refractivity contribution in [1.82, 2.24) is 4.90 Å². The maximum absolute atomic E-state index is 12.6. The lowest BCUT2D eigenvalue weighted by Crippen LogP contribution is -2.45. The number of hydrogen-bond acceptors (Lipinski definition) is 6. The van der Waals surface area contributed by atoms with Crippen molar-refractivity contribution in [2.24, 2.45) is 23.2 Å². The minimum atomic E-state index is -0.974. The van der Waals surface area contributed by atoms with Gasteiger partial charge in [-0.05, 0) is 45.6 Å². The molecule has 1 aliphatic carbocycles. The van der Waals surface area contributed by atoms with Gasteiger partial charge in [0.15, 0.2) is 0 Å². The number of aromatic carboxylic acids is 1. The lowest BCUT2D eigenvalue weighted by Gasteiger charge is -2.31. The zero-order chi connectivity index (χ0) is 28.9. The molecule has 1 saturated carbocycles. The molecule has 1 N–H and O–H groups in total. The number of carbonyl (C=O) groups excluding carboxylic acids is 2. The molecule has 2 aliphatic rings. The first-order valence-electron chi connectivity index (χ1n) is 13.8. The summed E-state index contributed by atoms with van der Waals surface area (Å²) in [5.41, 5.74) is 0.450. The number of aldehydes is 1. The van der Waals surface area contributed by atoms with Crippen LogP contribution in [0.5, 0.6) is 0 Å². The number of carboxylic acids is 1. The van der Waals surface area contributed by atoms with Crippen LogP contribution in [-0.4, -0.2) is 68.1 Å². The van der Waals surface area contributed by atoms with E-state index in [0.717, 1.165) is 29.9 Å². The van der Waals surface area contributed by atoms with Crippen LogP contribution in [0.2, 0.25) is 0 Å². The molecule has 1 aromatic heterocycles. The fourth-order valence-electron chi connectivity index (χ4n) is 4.23. The van der Waals surface area contributed by atoms with E-state index in [4.69, 9.17) is 4.74 Å². The molecule has 0 spiro atoms. The minimum Gasteiger partial charge on any atom is -0.477 e. The van der Waals surface area contributed by atoms with Crippen molar-refractivity contribution in [1.29, 1.82) is 0 Å². The van der Waals surface area contributed by atoms with Gasteiger partial charge in [0.05, 0.1) is 29.7 Å². The molecular formula is C30H48N2O5S. The van der Waals surface area contributed by atoms with E-state index < -0.39 is 5.97 Å². The maximum atomic E-state index is 12.6. The Balaban J connectivity index is 0.000000548. The van der Waals surface area contributed by atoms with Crippen molar-refractivity contribution in [3.63, 3.8) is 0 Å². The monoisotopic (exact) mass is 548 g/mol. The number of morpholine rings is 1. The summed E-state index contributed by atoms with van der Waals surface area (Å²) in [6.45, 7) is 17.0. The van der Waals surface area contributed by atoms with Gasteiger partial charge < -0.3 is 24.4 Å². The standard InChI is InChI=1S/C20H28N2O4S.C8H14O.C2H6/c1-14(18(23)22-8-10-26-11-9-22)13-21(5)16-12-15(6-7-20(2,3)4)27-17(16)19(24)25;1-7-2-4-8(6-9)5-3-7;1-2/h12,14H,8-11,13H2,1-5H3,(H,24,25);6-8H,2-5H2,1H3;1-2H3. The van der Waals surface area contributed by atoms with E-state index in [0.29, 0.717) is 44.5 Å². The highest BCUT2D eigenvalue weighted by Gasteiger charge is 2.26. The van der Waals surface area contributed by atoms with Crippen LogP contribution >= 0.6 is 11.3 Å². The summed E-state index contributed by atoms with van der Waals surface area (Å²) in [6, 6.07) is 1.80. The Morgan fingerprint density at radius 1 is 1.21 bits per heavy atom. The molecule has 1 saturated heterocycles. The molecule has 1 unspecified atom stereocenters. The highest BCUT2D eigenvalue weighted by Crippen LogP contribution is 2.30. The highest BCUT2D eigenvalue weighted by atomic mass is 32.1. The average molecular weight is 549 g/mol. The highest BCUT2D eigenvalue weighted by molar-refractivity contribution is 7.15. The predicted molar refractivity (Wildman–Crippen MR) is 156 cm³/mol.